The molecule has 0 saturated heterocycles. The minimum Gasteiger partial charge on any atom is -0.387 e. The van der Waals surface area contributed by atoms with Crippen LogP contribution in [-0.2, 0) is 4.18 Å². The monoisotopic (exact) mass is 226 g/mol. The van der Waals surface area contributed by atoms with Gasteiger partial charge in [-0.3, -0.25) is 0 Å². The molecular weight excluding hydrogens is 208 g/mol. The third-order valence-electron chi connectivity index (χ3n) is 2.56. The van der Waals surface area contributed by atoms with Gasteiger partial charge in [0.05, 0.1) is 5.60 Å². The maximum Gasteiger partial charge on any atom is 0.106 e. The standard InChI is InChI=1S/C12H18O2S/c1-11(2,13)12(3,4)14-15-10-8-6-5-7-9-10/h5-9,13H,1-4H3. The van der Waals surface area contributed by atoms with Crippen molar-refractivity contribution in [1.82, 2.24) is 0 Å². The van der Waals surface area contributed by atoms with Crippen molar-refractivity contribution >= 4 is 12.0 Å². The zero-order chi connectivity index (χ0) is 11.5. The van der Waals surface area contributed by atoms with Gasteiger partial charge in [-0.2, -0.15) is 0 Å². The molecule has 1 rings (SSSR count). The molecule has 1 aromatic carbocycles. The van der Waals surface area contributed by atoms with E-state index in [1.165, 1.54) is 12.0 Å². The van der Waals surface area contributed by atoms with Crippen LogP contribution < -0.4 is 0 Å². The normalized spacial score (nSPS) is 12.9. The summed E-state index contributed by atoms with van der Waals surface area (Å²) in [5, 5.41) is 9.89. The van der Waals surface area contributed by atoms with Crippen molar-refractivity contribution in [2.45, 2.75) is 43.8 Å². The van der Waals surface area contributed by atoms with Crippen molar-refractivity contribution in [2.24, 2.45) is 0 Å². The molecule has 84 valence electrons. The molecule has 0 radical (unpaired) electrons. The number of benzene rings is 1. The molecule has 2 nitrogen and oxygen atoms in total. The van der Waals surface area contributed by atoms with Gasteiger partial charge in [0.15, 0.2) is 0 Å². The van der Waals surface area contributed by atoms with Gasteiger partial charge in [0.25, 0.3) is 0 Å². The first-order chi connectivity index (χ1) is 6.83. The molecular formula is C12H18O2S. The zero-order valence-electron chi connectivity index (χ0n) is 9.65. The summed E-state index contributed by atoms with van der Waals surface area (Å²) in [6.07, 6.45) is 0. The van der Waals surface area contributed by atoms with Gasteiger partial charge in [-0.1, -0.05) is 18.2 Å². The molecule has 0 aliphatic rings. The predicted molar refractivity (Wildman–Crippen MR) is 63.8 cm³/mol. The fourth-order valence-corrected chi connectivity index (χ4v) is 1.51. The highest BCUT2D eigenvalue weighted by molar-refractivity contribution is 7.94. The molecule has 0 unspecified atom stereocenters. The largest absolute Gasteiger partial charge is 0.387 e. The Hall–Kier alpha value is -0.510. The van der Waals surface area contributed by atoms with E-state index in [0.717, 1.165) is 4.90 Å². The molecule has 1 N–H and O–H groups in total. The van der Waals surface area contributed by atoms with Gasteiger partial charge < -0.3 is 9.29 Å². The lowest BCUT2D eigenvalue weighted by Gasteiger charge is -2.35. The van der Waals surface area contributed by atoms with Gasteiger partial charge in [-0.25, -0.2) is 0 Å². The topological polar surface area (TPSA) is 29.5 Å². The summed E-state index contributed by atoms with van der Waals surface area (Å²) in [4.78, 5) is 1.04. The Balaban J connectivity index is 2.58. The third kappa shape index (κ3) is 3.52. The fraction of sp³-hybridized carbons (Fsp3) is 0.500. The zero-order valence-corrected chi connectivity index (χ0v) is 10.5. The van der Waals surface area contributed by atoms with Crippen LogP contribution in [0.5, 0.6) is 0 Å². The van der Waals surface area contributed by atoms with Crippen LogP contribution in [0, 0.1) is 0 Å². The van der Waals surface area contributed by atoms with Crippen LogP contribution in [0.3, 0.4) is 0 Å². The minimum absolute atomic E-state index is 0.590. The van der Waals surface area contributed by atoms with Crippen molar-refractivity contribution in [1.29, 1.82) is 0 Å². The van der Waals surface area contributed by atoms with E-state index in [-0.39, 0.29) is 0 Å². The molecule has 0 aliphatic heterocycles. The summed E-state index contributed by atoms with van der Waals surface area (Å²) in [5.74, 6) is 0. The van der Waals surface area contributed by atoms with E-state index in [0.29, 0.717) is 0 Å². The molecule has 0 bridgehead atoms. The summed E-state index contributed by atoms with van der Waals surface area (Å²) >= 11 is 1.29. The van der Waals surface area contributed by atoms with Gasteiger partial charge in [0.2, 0.25) is 0 Å². The molecule has 3 heteroatoms. The summed E-state index contributed by atoms with van der Waals surface area (Å²) in [5.41, 5.74) is -1.46. The fourth-order valence-electron chi connectivity index (χ4n) is 0.730. The maximum atomic E-state index is 9.89. The minimum atomic E-state index is -0.866. The molecule has 0 atom stereocenters. The van der Waals surface area contributed by atoms with Crippen LogP contribution in [0.2, 0.25) is 0 Å². The quantitative estimate of drug-likeness (QED) is 0.799. The van der Waals surface area contributed by atoms with Gasteiger partial charge in [0, 0.05) is 16.9 Å². The predicted octanol–water partition coefficient (Wildman–Crippen LogP) is 3.26. The highest BCUT2D eigenvalue weighted by Crippen LogP contribution is 2.32. The number of hydrogen-bond acceptors (Lipinski definition) is 3. The van der Waals surface area contributed by atoms with E-state index in [1.54, 1.807) is 13.8 Å². The van der Waals surface area contributed by atoms with Gasteiger partial charge in [0.1, 0.15) is 5.60 Å². The average Bonchev–Trinajstić information content (AvgIpc) is 2.15. The molecule has 1 aromatic rings. The second-order valence-corrected chi connectivity index (χ2v) is 5.35. The molecule has 0 saturated carbocycles. The molecule has 0 spiro atoms. The Morgan fingerprint density at radius 3 is 2.07 bits per heavy atom. The van der Waals surface area contributed by atoms with Crippen molar-refractivity contribution in [2.75, 3.05) is 0 Å². The van der Waals surface area contributed by atoms with Crippen molar-refractivity contribution in [3.8, 4) is 0 Å². The van der Waals surface area contributed by atoms with E-state index in [2.05, 4.69) is 0 Å². The van der Waals surface area contributed by atoms with Gasteiger partial charge >= 0.3 is 0 Å². The summed E-state index contributed by atoms with van der Waals surface area (Å²) < 4.78 is 5.65. The van der Waals surface area contributed by atoms with E-state index in [4.69, 9.17) is 4.18 Å². The summed E-state index contributed by atoms with van der Waals surface area (Å²) in [6, 6.07) is 9.84. The number of hydrogen-bond donors (Lipinski definition) is 1. The second kappa shape index (κ2) is 4.56. The molecule has 0 amide bonds. The number of rotatable bonds is 4. The summed E-state index contributed by atoms with van der Waals surface area (Å²) in [7, 11) is 0. The Kier molecular flexibility index (Phi) is 3.82. The highest BCUT2D eigenvalue weighted by Gasteiger charge is 2.36. The first-order valence-electron chi connectivity index (χ1n) is 4.96. The van der Waals surface area contributed by atoms with Crippen molar-refractivity contribution in [3.63, 3.8) is 0 Å². The maximum absolute atomic E-state index is 9.89. The molecule has 15 heavy (non-hydrogen) atoms. The molecule has 0 heterocycles. The first kappa shape index (κ1) is 12.6. The SMILES string of the molecule is CC(C)(O)C(C)(C)OSc1ccccc1. The third-order valence-corrected chi connectivity index (χ3v) is 3.53. The van der Waals surface area contributed by atoms with Crippen LogP contribution in [0.1, 0.15) is 27.7 Å². The van der Waals surface area contributed by atoms with Crippen LogP contribution >= 0.6 is 12.0 Å². The molecule has 0 aliphatic carbocycles. The van der Waals surface area contributed by atoms with Crippen LogP contribution in [0.15, 0.2) is 35.2 Å². The number of aliphatic hydroxyl groups is 1. The van der Waals surface area contributed by atoms with Crippen LogP contribution in [0.4, 0.5) is 0 Å². The molecule has 0 aromatic heterocycles. The Labute approximate surface area is 95.9 Å². The van der Waals surface area contributed by atoms with Gasteiger partial charge in [-0.05, 0) is 39.8 Å². The smallest absolute Gasteiger partial charge is 0.106 e. The van der Waals surface area contributed by atoms with Crippen LogP contribution in [0.25, 0.3) is 0 Å². The lowest BCUT2D eigenvalue weighted by atomic mass is 9.90. The highest BCUT2D eigenvalue weighted by atomic mass is 32.2. The van der Waals surface area contributed by atoms with E-state index < -0.39 is 11.2 Å². The Morgan fingerprint density at radius 1 is 1.07 bits per heavy atom. The van der Waals surface area contributed by atoms with Crippen molar-refractivity contribution < 1.29 is 9.29 Å². The Morgan fingerprint density at radius 2 is 1.60 bits per heavy atom. The van der Waals surface area contributed by atoms with Crippen LogP contribution in [-0.4, -0.2) is 16.3 Å². The van der Waals surface area contributed by atoms with E-state index >= 15 is 0 Å². The van der Waals surface area contributed by atoms with Crippen molar-refractivity contribution in [3.05, 3.63) is 30.3 Å². The van der Waals surface area contributed by atoms with E-state index in [9.17, 15) is 5.11 Å². The lowest BCUT2D eigenvalue weighted by molar-refractivity contribution is -0.0813. The Bertz CT molecular complexity index is 301. The first-order valence-corrected chi connectivity index (χ1v) is 5.70. The molecule has 0 fully saturated rings. The van der Waals surface area contributed by atoms with Gasteiger partial charge in [-0.15, -0.1) is 0 Å². The summed E-state index contributed by atoms with van der Waals surface area (Å²) in [6.45, 7) is 7.25. The second-order valence-electron chi connectivity index (χ2n) is 4.55. The van der Waals surface area contributed by atoms with E-state index in [1.807, 2.05) is 44.2 Å². The lowest BCUT2D eigenvalue weighted by Crippen LogP contribution is -2.45. The average molecular weight is 226 g/mol.